The minimum absolute atomic E-state index is 0.0485. The van der Waals surface area contributed by atoms with Crippen LogP contribution in [0.1, 0.15) is 42.3 Å². The minimum Gasteiger partial charge on any atom is -0.486 e. The molecule has 3 aromatic rings. The number of benzene rings is 2. The summed E-state index contributed by atoms with van der Waals surface area (Å²) in [6.45, 7) is 5.38. The summed E-state index contributed by atoms with van der Waals surface area (Å²) in [5.74, 6) is 1.96. The van der Waals surface area contributed by atoms with Crippen LogP contribution in [0.15, 0.2) is 42.5 Å². The van der Waals surface area contributed by atoms with Gasteiger partial charge in [-0.05, 0) is 56.1 Å². The molecule has 31 heavy (non-hydrogen) atoms. The lowest BCUT2D eigenvalue weighted by Gasteiger charge is -2.31. The monoisotopic (exact) mass is 437 g/mol. The molecule has 0 aliphatic carbocycles. The summed E-state index contributed by atoms with van der Waals surface area (Å²) < 4.78 is 12.5. The third kappa shape index (κ3) is 4.52. The number of rotatable bonds is 5. The Morgan fingerprint density at radius 1 is 1.23 bits per heavy atom. The van der Waals surface area contributed by atoms with Gasteiger partial charge in [0.15, 0.2) is 11.5 Å². The van der Waals surface area contributed by atoms with Crippen molar-refractivity contribution >= 4 is 27.5 Å². The number of likely N-dealkylation sites (tertiary alicyclic amines) is 1. The molecule has 2 unspecified atom stereocenters. The van der Waals surface area contributed by atoms with Gasteiger partial charge in [-0.25, -0.2) is 4.98 Å². The molecule has 1 amide bonds. The summed E-state index contributed by atoms with van der Waals surface area (Å²) in [6.07, 6.45) is 2.22. The van der Waals surface area contributed by atoms with Crippen molar-refractivity contribution in [3.63, 3.8) is 0 Å². The minimum atomic E-state index is -0.0897. The number of piperidine rings is 1. The number of carbonyl (C=O) groups excluding carboxylic acids is 1. The van der Waals surface area contributed by atoms with Gasteiger partial charge in [-0.2, -0.15) is 0 Å². The normalized spacial score (nSPS) is 19.8. The first-order valence-corrected chi connectivity index (χ1v) is 11.7. The molecule has 5 rings (SSSR count). The van der Waals surface area contributed by atoms with E-state index in [0.29, 0.717) is 25.7 Å². The number of ether oxygens (including phenoxy) is 2. The lowest BCUT2D eigenvalue weighted by Crippen LogP contribution is -2.42. The van der Waals surface area contributed by atoms with Crippen molar-refractivity contribution < 1.29 is 14.3 Å². The Morgan fingerprint density at radius 3 is 2.94 bits per heavy atom. The summed E-state index contributed by atoms with van der Waals surface area (Å²) in [6, 6.07) is 14.1. The fraction of sp³-hybridized carbons (Fsp3) is 0.417. The van der Waals surface area contributed by atoms with Crippen LogP contribution in [0.3, 0.4) is 0 Å². The molecule has 0 radical (unpaired) electrons. The lowest BCUT2D eigenvalue weighted by molar-refractivity contribution is -0.123. The van der Waals surface area contributed by atoms with Crippen molar-refractivity contribution in [1.29, 1.82) is 0 Å². The number of carbonyl (C=O) groups is 1. The molecule has 6 nitrogen and oxygen atoms in total. The van der Waals surface area contributed by atoms with Gasteiger partial charge in [-0.1, -0.05) is 18.2 Å². The maximum absolute atomic E-state index is 12.7. The summed E-state index contributed by atoms with van der Waals surface area (Å²) in [5, 5.41) is 4.33. The van der Waals surface area contributed by atoms with Crippen LogP contribution in [0.2, 0.25) is 0 Å². The van der Waals surface area contributed by atoms with E-state index in [9.17, 15) is 4.79 Å². The number of fused-ring (bicyclic) bond motifs is 2. The van der Waals surface area contributed by atoms with Gasteiger partial charge >= 0.3 is 0 Å². The SMILES string of the molecule is CC(NC(=O)CN1CCCC(c2nc3ccccc3s2)C1)c1ccc2c(c1)OCCO2. The first kappa shape index (κ1) is 20.3. The molecule has 1 N–H and O–H groups in total. The number of hydrogen-bond donors (Lipinski definition) is 1. The Bertz CT molecular complexity index is 1050. The van der Waals surface area contributed by atoms with Gasteiger partial charge in [0, 0.05) is 12.5 Å². The Kier molecular flexibility index (Phi) is 5.78. The standard InChI is InChI=1S/C24H27N3O3S/c1-16(17-8-9-20-21(13-17)30-12-11-29-20)25-23(28)15-27-10-4-5-18(14-27)24-26-19-6-2-3-7-22(19)31-24/h2-3,6-9,13,16,18H,4-5,10-12,14-15H2,1H3,(H,25,28). The molecule has 2 aliphatic rings. The summed E-state index contributed by atoms with van der Waals surface area (Å²) >= 11 is 1.78. The average Bonchev–Trinajstić information content (AvgIpc) is 3.23. The van der Waals surface area contributed by atoms with Crippen LogP contribution in [-0.2, 0) is 4.79 Å². The molecule has 2 aromatic carbocycles. The molecule has 0 spiro atoms. The molecule has 2 aliphatic heterocycles. The summed E-state index contributed by atoms with van der Waals surface area (Å²) in [5.41, 5.74) is 2.09. The second kappa shape index (κ2) is 8.85. The van der Waals surface area contributed by atoms with Crippen molar-refractivity contribution in [3.8, 4) is 11.5 Å². The van der Waals surface area contributed by atoms with E-state index in [1.165, 1.54) is 9.71 Å². The second-order valence-electron chi connectivity index (χ2n) is 8.29. The highest BCUT2D eigenvalue weighted by molar-refractivity contribution is 7.18. The number of amides is 1. The van der Waals surface area contributed by atoms with Crippen LogP contribution < -0.4 is 14.8 Å². The van der Waals surface area contributed by atoms with Crippen LogP contribution >= 0.6 is 11.3 Å². The van der Waals surface area contributed by atoms with Crippen molar-refractivity contribution in [2.24, 2.45) is 0 Å². The number of aromatic nitrogens is 1. The summed E-state index contributed by atoms with van der Waals surface area (Å²) in [7, 11) is 0. The first-order chi connectivity index (χ1) is 15.2. The highest BCUT2D eigenvalue weighted by Crippen LogP contribution is 2.34. The summed E-state index contributed by atoms with van der Waals surface area (Å²) in [4.78, 5) is 19.8. The molecule has 7 heteroatoms. The molecule has 2 atom stereocenters. The first-order valence-electron chi connectivity index (χ1n) is 10.9. The molecule has 162 valence electrons. The Labute approximate surface area is 186 Å². The number of thiazole rings is 1. The maximum atomic E-state index is 12.7. The number of para-hydroxylation sites is 1. The van der Waals surface area contributed by atoms with Gasteiger partial charge in [0.05, 0.1) is 27.8 Å². The number of nitrogens with one attached hydrogen (secondary N) is 1. The predicted molar refractivity (Wildman–Crippen MR) is 122 cm³/mol. The zero-order valence-electron chi connectivity index (χ0n) is 17.7. The molecule has 1 saturated heterocycles. The zero-order valence-corrected chi connectivity index (χ0v) is 18.5. The van der Waals surface area contributed by atoms with E-state index in [2.05, 4.69) is 28.4 Å². The van der Waals surface area contributed by atoms with E-state index in [-0.39, 0.29) is 11.9 Å². The molecule has 1 aromatic heterocycles. The quantitative estimate of drug-likeness (QED) is 0.650. The van der Waals surface area contributed by atoms with E-state index < -0.39 is 0 Å². The Morgan fingerprint density at radius 2 is 2.06 bits per heavy atom. The highest BCUT2D eigenvalue weighted by Gasteiger charge is 2.26. The van der Waals surface area contributed by atoms with E-state index in [0.717, 1.165) is 48.5 Å². The number of hydrogen-bond acceptors (Lipinski definition) is 6. The largest absolute Gasteiger partial charge is 0.486 e. The molecule has 0 saturated carbocycles. The van der Waals surface area contributed by atoms with Crippen LogP contribution in [0.25, 0.3) is 10.2 Å². The smallest absolute Gasteiger partial charge is 0.234 e. The molecular formula is C24H27N3O3S. The Balaban J connectivity index is 1.19. The van der Waals surface area contributed by atoms with Gasteiger partial charge < -0.3 is 14.8 Å². The second-order valence-corrected chi connectivity index (χ2v) is 9.35. The van der Waals surface area contributed by atoms with Gasteiger partial charge in [0.2, 0.25) is 5.91 Å². The zero-order chi connectivity index (χ0) is 21.2. The van der Waals surface area contributed by atoms with E-state index >= 15 is 0 Å². The molecule has 3 heterocycles. The van der Waals surface area contributed by atoms with Crippen LogP contribution in [0.4, 0.5) is 0 Å². The van der Waals surface area contributed by atoms with Crippen molar-refractivity contribution in [1.82, 2.24) is 15.2 Å². The molecule has 1 fully saturated rings. The van der Waals surface area contributed by atoms with Crippen LogP contribution in [-0.4, -0.2) is 48.6 Å². The van der Waals surface area contributed by atoms with Crippen molar-refractivity contribution in [2.75, 3.05) is 32.8 Å². The van der Waals surface area contributed by atoms with Crippen molar-refractivity contribution in [2.45, 2.75) is 31.7 Å². The van der Waals surface area contributed by atoms with Gasteiger partial charge in [-0.3, -0.25) is 9.69 Å². The van der Waals surface area contributed by atoms with Crippen LogP contribution in [0.5, 0.6) is 11.5 Å². The van der Waals surface area contributed by atoms with E-state index in [1.54, 1.807) is 11.3 Å². The average molecular weight is 438 g/mol. The fourth-order valence-electron chi connectivity index (χ4n) is 4.37. The van der Waals surface area contributed by atoms with Gasteiger partial charge in [-0.15, -0.1) is 11.3 Å². The van der Waals surface area contributed by atoms with Gasteiger partial charge in [0.25, 0.3) is 0 Å². The van der Waals surface area contributed by atoms with E-state index in [1.807, 2.05) is 31.2 Å². The van der Waals surface area contributed by atoms with Gasteiger partial charge in [0.1, 0.15) is 13.2 Å². The third-order valence-electron chi connectivity index (χ3n) is 5.98. The molecular weight excluding hydrogens is 410 g/mol. The lowest BCUT2D eigenvalue weighted by atomic mass is 9.98. The predicted octanol–water partition coefficient (Wildman–Crippen LogP) is 4.12. The Hall–Kier alpha value is -2.64. The fourth-order valence-corrected chi connectivity index (χ4v) is 5.46. The van der Waals surface area contributed by atoms with E-state index in [4.69, 9.17) is 14.5 Å². The third-order valence-corrected chi connectivity index (χ3v) is 7.18. The maximum Gasteiger partial charge on any atom is 0.234 e. The van der Waals surface area contributed by atoms with Crippen LogP contribution in [0, 0.1) is 0 Å². The number of nitrogens with zero attached hydrogens (tertiary/aromatic N) is 2. The topological polar surface area (TPSA) is 63.7 Å². The molecule has 0 bridgehead atoms. The highest BCUT2D eigenvalue weighted by atomic mass is 32.1. The van der Waals surface area contributed by atoms with Crippen molar-refractivity contribution in [3.05, 3.63) is 53.0 Å².